The van der Waals surface area contributed by atoms with Gasteiger partial charge in [-0.2, -0.15) is 18.3 Å². The number of hydrogen-bond acceptors (Lipinski definition) is 3. The molecule has 1 N–H and O–H groups in total. The lowest BCUT2D eigenvalue weighted by atomic mass is 10.2. The number of rotatable bonds is 2. The average molecular weight is 327 g/mol. The van der Waals surface area contributed by atoms with E-state index in [1.165, 1.54) is 7.05 Å². The van der Waals surface area contributed by atoms with Crippen LogP contribution in [0, 0.1) is 0 Å². The first kappa shape index (κ1) is 14.6. The molecule has 0 aliphatic rings. The fourth-order valence-corrected chi connectivity index (χ4v) is 2.33. The number of alkyl halides is 3. The molecule has 0 saturated carbocycles. The van der Waals surface area contributed by atoms with Gasteiger partial charge in [-0.3, -0.25) is 4.68 Å². The molecule has 0 atom stereocenters. The molecule has 0 saturated heterocycles. The molecule has 114 valence electrons. The molecule has 0 aliphatic heterocycles. The fourth-order valence-electron chi connectivity index (χ4n) is 2.11. The molecule has 3 rings (SSSR count). The Morgan fingerprint density at radius 3 is 2.59 bits per heavy atom. The summed E-state index contributed by atoms with van der Waals surface area (Å²) in [6.07, 6.45) is -4.46. The molecule has 0 radical (unpaired) electrons. The Hall–Kier alpha value is -2.28. The average Bonchev–Trinajstić information content (AvgIpc) is 2.80. The lowest BCUT2D eigenvalue weighted by Crippen LogP contribution is -2.11. The van der Waals surface area contributed by atoms with Crippen molar-refractivity contribution in [2.45, 2.75) is 6.18 Å². The Morgan fingerprint density at radius 2 is 1.91 bits per heavy atom. The van der Waals surface area contributed by atoms with Gasteiger partial charge in [-0.15, -0.1) is 0 Å². The lowest BCUT2D eigenvalue weighted by molar-refractivity contribution is -0.143. The van der Waals surface area contributed by atoms with Crippen LogP contribution >= 0.6 is 11.6 Å². The highest BCUT2D eigenvalue weighted by Gasteiger charge is 2.35. The molecule has 0 aliphatic carbocycles. The van der Waals surface area contributed by atoms with E-state index < -0.39 is 11.9 Å². The molecule has 0 unspecified atom stereocenters. The van der Waals surface area contributed by atoms with Crippen molar-refractivity contribution in [3.8, 4) is 0 Å². The van der Waals surface area contributed by atoms with Crippen LogP contribution in [-0.2, 0) is 13.2 Å². The Balaban J connectivity index is 1.95. The van der Waals surface area contributed by atoms with Gasteiger partial charge in [0.1, 0.15) is 11.5 Å². The number of para-hydroxylation sites is 1. The van der Waals surface area contributed by atoms with Crippen molar-refractivity contribution in [3.05, 3.63) is 47.1 Å². The van der Waals surface area contributed by atoms with Crippen LogP contribution in [0.15, 0.2) is 36.4 Å². The predicted molar refractivity (Wildman–Crippen MR) is 78.2 cm³/mol. The minimum Gasteiger partial charge on any atom is -0.323 e. The quantitative estimate of drug-likeness (QED) is 0.759. The third-order valence-electron chi connectivity index (χ3n) is 3.10. The number of benzene rings is 1. The van der Waals surface area contributed by atoms with E-state index in [0.717, 1.165) is 16.1 Å². The van der Waals surface area contributed by atoms with Gasteiger partial charge in [-0.05, 0) is 18.2 Å². The number of anilines is 2. The SMILES string of the molecule is Cn1nc(Nc2ccc3cccc(Cl)c3n2)cc1C(F)(F)F. The molecule has 0 amide bonds. The summed E-state index contributed by atoms with van der Waals surface area (Å²) in [5.41, 5.74) is -0.269. The van der Waals surface area contributed by atoms with E-state index in [4.69, 9.17) is 11.6 Å². The van der Waals surface area contributed by atoms with Crippen LogP contribution in [0.4, 0.5) is 24.8 Å². The van der Waals surface area contributed by atoms with E-state index in [1.807, 2.05) is 6.07 Å². The van der Waals surface area contributed by atoms with E-state index in [9.17, 15) is 13.2 Å². The third kappa shape index (κ3) is 2.71. The highest BCUT2D eigenvalue weighted by Crippen LogP contribution is 2.31. The molecule has 0 bridgehead atoms. The molecule has 0 fully saturated rings. The highest BCUT2D eigenvalue weighted by atomic mass is 35.5. The summed E-state index contributed by atoms with van der Waals surface area (Å²) in [7, 11) is 1.23. The third-order valence-corrected chi connectivity index (χ3v) is 3.40. The number of nitrogens with one attached hydrogen (secondary N) is 1. The molecule has 2 aromatic heterocycles. The van der Waals surface area contributed by atoms with E-state index >= 15 is 0 Å². The summed E-state index contributed by atoms with van der Waals surface area (Å²) >= 11 is 6.06. The number of nitrogens with zero attached hydrogens (tertiary/aromatic N) is 3. The minimum atomic E-state index is -4.46. The highest BCUT2D eigenvalue weighted by molar-refractivity contribution is 6.35. The molecular weight excluding hydrogens is 317 g/mol. The maximum atomic E-state index is 12.7. The Bertz CT molecular complexity index is 842. The number of pyridine rings is 1. The molecule has 0 spiro atoms. The minimum absolute atomic E-state index is 0.0636. The van der Waals surface area contributed by atoms with Crippen molar-refractivity contribution in [3.63, 3.8) is 0 Å². The van der Waals surface area contributed by atoms with Gasteiger partial charge < -0.3 is 5.32 Å². The van der Waals surface area contributed by atoms with Crippen LogP contribution in [0.25, 0.3) is 10.9 Å². The predicted octanol–water partition coefficient (Wildman–Crippen LogP) is 4.38. The second-order valence-corrected chi connectivity index (χ2v) is 5.08. The van der Waals surface area contributed by atoms with Gasteiger partial charge in [-0.1, -0.05) is 23.7 Å². The van der Waals surface area contributed by atoms with E-state index in [0.29, 0.717) is 16.4 Å². The monoisotopic (exact) mass is 326 g/mol. The van der Waals surface area contributed by atoms with Gasteiger partial charge >= 0.3 is 6.18 Å². The van der Waals surface area contributed by atoms with E-state index in [-0.39, 0.29) is 5.82 Å². The van der Waals surface area contributed by atoms with Gasteiger partial charge in [0.2, 0.25) is 0 Å². The summed E-state index contributed by atoms with van der Waals surface area (Å²) < 4.78 is 39.0. The molecule has 4 nitrogen and oxygen atoms in total. The second kappa shape index (κ2) is 5.17. The normalized spacial score (nSPS) is 11.9. The maximum Gasteiger partial charge on any atom is 0.433 e. The first-order valence-corrected chi connectivity index (χ1v) is 6.66. The first-order chi connectivity index (χ1) is 10.3. The number of aryl methyl sites for hydroxylation is 1. The van der Waals surface area contributed by atoms with Gasteiger partial charge in [0, 0.05) is 18.5 Å². The molecular formula is C14H10ClF3N4. The number of halogens is 4. The van der Waals surface area contributed by atoms with Gasteiger partial charge in [-0.25, -0.2) is 4.98 Å². The molecule has 1 aromatic carbocycles. The van der Waals surface area contributed by atoms with Crippen molar-refractivity contribution in [1.29, 1.82) is 0 Å². The molecule has 22 heavy (non-hydrogen) atoms. The second-order valence-electron chi connectivity index (χ2n) is 4.67. The molecule has 2 heterocycles. The van der Waals surface area contributed by atoms with Crippen molar-refractivity contribution in [1.82, 2.24) is 14.8 Å². The van der Waals surface area contributed by atoms with Crippen LogP contribution in [0.5, 0.6) is 0 Å². The fraction of sp³-hybridized carbons (Fsp3) is 0.143. The van der Waals surface area contributed by atoms with Crippen molar-refractivity contribution < 1.29 is 13.2 Å². The summed E-state index contributed by atoms with van der Waals surface area (Å²) in [5, 5.41) is 7.86. The lowest BCUT2D eigenvalue weighted by Gasteiger charge is -2.05. The van der Waals surface area contributed by atoms with Crippen LogP contribution in [0.2, 0.25) is 5.02 Å². The smallest absolute Gasteiger partial charge is 0.323 e. The number of hydrogen-bond donors (Lipinski definition) is 1. The number of aromatic nitrogens is 3. The summed E-state index contributed by atoms with van der Waals surface area (Å²) in [4.78, 5) is 4.30. The van der Waals surface area contributed by atoms with Gasteiger partial charge in [0.05, 0.1) is 10.5 Å². The zero-order valence-electron chi connectivity index (χ0n) is 11.3. The Morgan fingerprint density at radius 1 is 1.14 bits per heavy atom. The summed E-state index contributed by atoms with van der Waals surface area (Å²) in [5.74, 6) is 0.432. The topological polar surface area (TPSA) is 42.7 Å². The standard InChI is InChI=1S/C14H10ClF3N4/c1-22-10(14(16,17)18)7-12(21-22)19-11-6-5-8-3-2-4-9(15)13(8)20-11/h2-7H,1H3,(H,19,20,21). The first-order valence-electron chi connectivity index (χ1n) is 6.28. The largest absolute Gasteiger partial charge is 0.433 e. The van der Waals surface area contributed by atoms with E-state index in [1.54, 1.807) is 24.3 Å². The summed E-state index contributed by atoms with van der Waals surface area (Å²) in [6.45, 7) is 0. The van der Waals surface area contributed by atoms with Crippen molar-refractivity contribution in [2.75, 3.05) is 5.32 Å². The zero-order chi connectivity index (χ0) is 15.9. The summed E-state index contributed by atoms with van der Waals surface area (Å²) in [6, 6.07) is 9.71. The molecule has 8 heteroatoms. The number of fused-ring (bicyclic) bond motifs is 1. The van der Waals surface area contributed by atoms with E-state index in [2.05, 4.69) is 15.4 Å². The van der Waals surface area contributed by atoms with Crippen LogP contribution in [0.1, 0.15) is 5.69 Å². The van der Waals surface area contributed by atoms with Crippen molar-refractivity contribution >= 4 is 34.1 Å². The van der Waals surface area contributed by atoms with Gasteiger partial charge in [0.15, 0.2) is 5.82 Å². The maximum absolute atomic E-state index is 12.7. The van der Waals surface area contributed by atoms with Crippen LogP contribution in [0.3, 0.4) is 0 Å². The zero-order valence-corrected chi connectivity index (χ0v) is 12.1. The Labute approximate surface area is 128 Å². The van der Waals surface area contributed by atoms with Crippen LogP contribution < -0.4 is 5.32 Å². The van der Waals surface area contributed by atoms with Gasteiger partial charge in [0.25, 0.3) is 0 Å². The van der Waals surface area contributed by atoms with Crippen molar-refractivity contribution in [2.24, 2.45) is 7.05 Å². The molecule has 3 aromatic rings. The van der Waals surface area contributed by atoms with Crippen LogP contribution in [-0.4, -0.2) is 14.8 Å². The Kier molecular flexibility index (Phi) is 3.44.